The van der Waals surface area contributed by atoms with Gasteiger partial charge in [-0.05, 0) is 18.1 Å². The highest BCUT2D eigenvalue weighted by Crippen LogP contribution is 2.13. The third-order valence-corrected chi connectivity index (χ3v) is 4.00. The van der Waals surface area contributed by atoms with Crippen molar-refractivity contribution >= 4 is 11.2 Å². The van der Waals surface area contributed by atoms with Crippen molar-refractivity contribution < 1.29 is 4.74 Å². The maximum Gasteiger partial charge on any atom is 0.337 e. The molecule has 0 aliphatic heterocycles. The molecule has 7 heteroatoms. The third-order valence-electron chi connectivity index (χ3n) is 4.00. The highest BCUT2D eigenvalue weighted by molar-refractivity contribution is 5.72. The van der Waals surface area contributed by atoms with Gasteiger partial charge in [-0.25, -0.2) is 14.3 Å². The molecule has 1 aromatic carbocycles. The van der Waals surface area contributed by atoms with Crippen LogP contribution in [-0.2, 0) is 17.8 Å². The Hall–Kier alpha value is -2.67. The summed E-state index contributed by atoms with van der Waals surface area (Å²) in [6.45, 7) is 5.27. The lowest BCUT2D eigenvalue weighted by Crippen LogP contribution is -2.41. The Labute approximate surface area is 145 Å². The number of methoxy groups -OCH3 is 1. The molecule has 0 radical (unpaired) electrons. The van der Waals surface area contributed by atoms with E-state index < -0.39 is 0 Å². The smallest absolute Gasteiger partial charge is 0.337 e. The minimum Gasteiger partial charge on any atom is -0.383 e. The lowest BCUT2D eigenvalue weighted by atomic mass is 10.2. The Morgan fingerprint density at radius 1 is 1.16 bits per heavy atom. The maximum absolute atomic E-state index is 13.0. The van der Waals surface area contributed by atoms with Crippen molar-refractivity contribution in [3.05, 3.63) is 57.5 Å². The lowest BCUT2D eigenvalue weighted by molar-refractivity contribution is 0.188. The van der Waals surface area contributed by atoms with Gasteiger partial charge >= 0.3 is 5.69 Å². The van der Waals surface area contributed by atoms with Crippen LogP contribution in [-0.4, -0.2) is 32.4 Å². The largest absolute Gasteiger partial charge is 0.383 e. The molecule has 3 rings (SSSR count). The average molecular weight is 342 g/mol. The van der Waals surface area contributed by atoms with Crippen molar-refractivity contribution in [3.8, 4) is 5.69 Å². The van der Waals surface area contributed by atoms with Crippen LogP contribution in [0.1, 0.15) is 13.8 Å². The van der Waals surface area contributed by atoms with Gasteiger partial charge in [0.25, 0.3) is 5.56 Å². The summed E-state index contributed by atoms with van der Waals surface area (Å²) in [6.07, 6.45) is 1.59. The zero-order chi connectivity index (χ0) is 18.0. The second-order valence-corrected chi connectivity index (χ2v) is 6.37. The first-order chi connectivity index (χ1) is 12.0. The van der Waals surface area contributed by atoms with E-state index in [0.29, 0.717) is 36.5 Å². The van der Waals surface area contributed by atoms with Crippen LogP contribution in [0.25, 0.3) is 16.9 Å². The molecule has 7 nitrogen and oxygen atoms in total. The molecule has 0 unspecified atom stereocenters. The zero-order valence-electron chi connectivity index (χ0n) is 14.7. The summed E-state index contributed by atoms with van der Waals surface area (Å²) >= 11 is 0. The minimum atomic E-state index is -0.366. The maximum atomic E-state index is 13.0. The molecule has 0 amide bonds. The second-order valence-electron chi connectivity index (χ2n) is 6.37. The highest BCUT2D eigenvalue weighted by Gasteiger charge is 2.19. The topological polar surface area (TPSA) is 71.1 Å². The summed E-state index contributed by atoms with van der Waals surface area (Å²) in [4.78, 5) is 30.3. The van der Waals surface area contributed by atoms with Crippen LogP contribution < -0.4 is 11.2 Å². The van der Waals surface area contributed by atoms with Crippen LogP contribution in [0.3, 0.4) is 0 Å². The number of aromatic nitrogens is 4. The molecular weight excluding hydrogens is 320 g/mol. The van der Waals surface area contributed by atoms with E-state index in [9.17, 15) is 9.59 Å². The van der Waals surface area contributed by atoms with Gasteiger partial charge in [-0.3, -0.25) is 9.36 Å². The van der Waals surface area contributed by atoms with Crippen LogP contribution in [0.2, 0.25) is 0 Å². The molecule has 0 spiro atoms. The van der Waals surface area contributed by atoms with Crippen LogP contribution in [0.4, 0.5) is 0 Å². The molecule has 132 valence electrons. The molecule has 0 N–H and O–H groups in total. The first kappa shape index (κ1) is 17.2. The standard InChI is InChI=1S/C18H22N4O3/c1-13(2)11-21-17(23)15-16(19-12-20(15)9-10-25-3)22(18(21)24)14-7-5-4-6-8-14/h4-8,12-13H,9-11H2,1-3H3. The van der Waals surface area contributed by atoms with Crippen molar-refractivity contribution in [2.75, 3.05) is 13.7 Å². The monoisotopic (exact) mass is 342 g/mol. The van der Waals surface area contributed by atoms with Crippen molar-refractivity contribution in [1.29, 1.82) is 0 Å². The van der Waals surface area contributed by atoms with E-state index in [4.69, 9.17) is 4.74 Å². The van der Waals surface area contributed by atoms with Crippen molar-refractivity contribution in [2.45, 2.75) is 26.9 Å². The number of ether oxygens (including phenoxy) is 1. The molecule has 0 aliphatic carbocycles. The van der Waals surface area contributed by atoms with Crippen LogP contribution in [0.15, 0.2) is 46.2 Å². The van der Waals surface area contributed by atoms with Gasteiger partial charge < -0.3 is 9.30 Å². The summed E-state index contributed by atoms with van der Waals surface area (Å²) in [6, 6.07) is 9.26. The van der Waals surface area contributed by atoms with Gasteiger partial charge in [0.2, 0.25) is 0 Å². The normalized spacial score (nSPS) is 11.5. The van der Waals surface area contributed by atoms with Crippen molar-refractivity contribution in [2.24, 2.45) is 5.92 Å². The summed E-state index contributed by atoms with van der Waals surface area (Å²) in [7, 11) is 1.61. The number of para-hydroxylation sites is 1. The lowest BCUT2D eigenvalue weighted by Gasteiger charge is -2.14. The van der Waals surface area contributed by atoms with Crippen LogP contribution in [0.5, 0.6) is 0 Å². The summed E-state index contributed by atoms with van der Waals surface area (Å²) in [5, 5.41) is 0. The van der Waals surface area contributed by atoms with E-state index >= 15 is 0 Å². The van der Waals surface area contributed by atoms with Crippen molar-refractivity contribution in [3.63, 3.8) is 0 Å². The fourth-order valence-electron chi connectivity index (χ4n) is 2.87. The van der Waals surface area contributed by atoms with Gasteiger partial charge in [0.15, 0.2) is 11.2 Å². The zero-order valence-corrected chi connectivity index (χ0v) is 14.7. The summed E-state index contributed by atoms with van der Waals surface area (Å²) in [5.41, 5.74) is 0.800. The van der Waals surface area contributed by atoms with Gasteiger partial charge in [0.1, 0.15) is 0 Å². The molecule has 0 bridgehead atoms. The molecular formula is C18H22N4O3. The molecule has 2 heterocycles. The Balaban J connectivity index is 2.36. The predicted octanol–water partition coefficient (Wildman–Crippen LogP) is 1.65. The molecule has 25 heavy (non-hydrogen) atoms. The summed E-state index contributed by atoms with van der Waals surface area (Å²) < 4.78 is 9.66. The average Bonchev–Trinajstić information content (AvgIpc) is 3.01. The van der Waals surface area contributed by atoms with E-state index in [2.05, 4.69) is 4.98 Å². The van der Waals surface area contributed by atoms with E-state index in [1.807, 2.05) is 44.2 Å². The number of imidazole rings is 1. The quantitative estimate of drug-likeness (QED) is 0.683. The number of fused-ring (bicyclic) bond motifs is 1. The first-order valence-corrected chi connectivity index (χ1v) is 8.29. The van der Waals surface area contributed by atoms with E-state index in [-0.39, 0.29) is 17.2 Å². The van der Waals surface area contributed by atoms with Crippen molar-refractivity contribution in [1.82, 2.24) is 18.7 Å². The number of nitrogens with zero attached hydrogens (tertiary/aromatic N) is 4. The number of benzene rings is 1. The Bertz CT molecular complexity index is 983. The molecule has 0 saturated carbocycles. The fourth-order valence-corrected chi connectivity index (χ4v) is 2.87. The van der Waals surface area contributed by atoms with Gasteiger partial charge in [-0.15, -0.1) is 0 Å². The van der Waals surface area contributed by atoms with E-state index in [1.165, 1.54) is 9.13 Å². The molecule has 2 aromatic heterocycles. The van der Waals surface area contributed by atoms with E-state index in [1.54, 1.807) is 18.0 Å². The molecule has 0 aliphatic rings. The number of hydrogen-bond acceptors (Lipinski definition) is 4. The van der Waals surface area contributed by atoms with Gasteiger partial charge in [-0.2, -0.15) is 0 Å². The Morgan fingerprint density at radius 3 is 2.52 bits per heavy atom. The van der Waals surface area contributed by atoms with E-state index in [0.717, 1.165) is 0 Å². The van der Waals surface area contributed by atoms with Crippen LogP contribution >= 0.6 is 0 Å². The Morgan fingerprint density at radius 2 is 1.88 bits per heavy atom. The predicted molar refractivity (Wildman–Crippen MR) is 96.3 cm³/mol. The minimum absolute atomic E-state index is 0.169. The molecule has 0 atom stereocenters. The highest BCUT2D eigenvalue weighted by atomic mass is 16.5. The Kier molecular flexibility index (Phi) is 4.85. The first-order valence-electron chi connectivity index (χ1n) is 8.29. The second kappa shape index (κ2) is 7.06. The molecule has 0 fully saturated rings. The van der Waals surface area contributed by atoms with Crippen LogP contribution in [0, 0.1) is 5.92 Å². The molecule has 3 aromatic rings. The summed E-state index contributed by atoms with van der Waals surface area (Å²) in [5.74, 6) is 0.169. The van der Waals surface area contributed by atoms with Gasteiger partial charge in [0, 0.05) is 20.2 Å². The number of hydrogen-bond donors (Lipinski definition) is 0. The number of rotatable bonds is 6. The third kappa shape index (κ3) is 3.15. The van der Waals surface area contributed by atoms with Gasteiger partial charge in [-0.1, -0.05) is 32.0 Å². The fraction of sp³-hybridized carbons (Fsp3) is 0.389. The SMILES string of the molecule is COCCn1cnc2c1c(=O)n(CC(C)C)c(=O)n2-c1ccccc1. The van der Waals surface area contributed by atoms with Gasteiger partial charge in [0.05, 0.1) is 18.6 Å². The molecule has 0 saturated heterocycles.